The predicted molar refractivity (Wildman–Crippen MR) is 51.8 cm³/mol. The Morgan fingerprint density at radius 3 is 2.18 bits per heavy atom. The predicted octanol–water partition coefficient (Wildman–Crippen LogP) is 2.19. The van der Waals surface area contributed by atoms with Gasteiger partial charge in [-0.05, 0) is 6.42 Å². The van der Waals surface area contributed by atoms with Gasteiger partial charge in [-0.25, -0.2) is 0 Å². The lowest BCUT2D eigenvalue weighted by Crippen LogP contribution is -2.24. The second-order valence-electron chi connectivity index (χ2n) is 3.23. The zero-order chi connectivity index (χ0) is 8.91. The van der Waals surface area contributed by atoms with Crippen molar-refractivity contribution in [2.75, 3.05) is 14.1 Å². The van der Waals surface area contributed by atoms with Gasteiger partial charge in [-0.2, -0.15) is 0 Å². The number of nitrogens with zero attached hydrogens (tertiary/aromatic N) is 2. The van der Waals surface area contributed by atoms with E-state index in [9.17, 15) is 0 Å². The van der Waals surface area contributed by atoms with Crippen LogP contribution >= 0.6 is 0 Å². The van der Waals surface area contributed by atoms with Crippen molar-refractivity contribution in [3.63, 3.8) is 0 Å². The first kappa shape index (κ1) is 10.3. The Labute approximate surface area is 69.4 Å². The summed E-state index contributed by atoms with van der Waals surface area (Å²) in [6.45, 7) is 6.52. The summed E-state index contributed by atoms with van der Waals surface area (Å²) in [6.07, 6.45) is 2.93. The van der Waals surface area contributed by atoms with Gasteiger partial charge in [0.1, 0.15) is 0 Å². The van der Waals surface area contributed by atoms with E-state index in [0.717, 1.165) is 12.1 Å². The molecule has 0 aliphatic carbocycles. The first-order valence-corrected chi connectivity index (χ1v) is 3.98. The first-order chi connectivity index (χ1) is 5.08. The third-order valence-corrected chi connectivity index (χ3v) is 2.07. The third-order valence-electron chi connectivity index (χ3n) is 2.07. The molecule has 0 aromatic rings. The topological polar surface area (TPSA) is 24.7 Å². The summed E-state index contributed by atoms with van der Waals surface area (Å²) in [5.74, 6) is 0. The van der Waals surface area contributed by atoms with Gasteiger partial charge in [0.15, 0.2) is 0 Å². The minimum atomic E-state index is 0.161. The van der Waals surface area contributed by atoms with Gasteiger partial charge in [0, 0.05) is 25.7 Å². The molecule has 0 rings (SSSR count). The summed E-state index contributed by atoms with van der Waals surface area (Å²) in [7, 11) is 3.59. The van der Waals surface area contributed by atoms with Crippen LogP contribution in [-0.2, 0) is 0 Å². The van der Waals surface area contributed by atoms with Gasteiger partial charge in [-0.3, -0.25) is 9.98 Å². The minimum Gasteiger partial charge on any atom is -0.295 e. The van der Waals surface area contributed by atoms with Gasteiger partial charge in [-0.1, -0.05) is 20.8 Å². The maximum atomic E-state index is 4.19. The molecule has 0 N–H and O–H groups in total. The zero-order valence-electron chi connectivity index (χ0n) is 8.18. The van der Waals surface area contributed by atoms with E-state index in [1.807, 2.05) is 13.3 Å². The maximum Gasteiger partial charge on any atom is 0.0578 e. The highest BCUT2D eigenvalue weighted by Crippen LogP contribution is 2.20. The van der Waals surface area contributed by atoms with Crippen molar-refractivity contribution in [1.29, 1.82) is 0 Å². The molecule has 2 nitrogen and oxygen atoms in total. The molecule has 0 aliphatic heterocycles. The van der Waals surface area contributed by atoms with Gasteiger partial charge in [0.05, 0.1) is 5.71 Å². The van der Waals surface area contributed by atoms with Crippen molar-refractivity contribution < 1.29 is 0 Å². The molecule has 0 aliphatic rings. The van der Waals surface area contributed by atoms with Crippen molar-refractivity contribution in [3.05, 3.63) is 0 Å². The minimum absolute atomic E-state index is 0.161. The van der Waals surface area contributed by atoms with E-state index < -0.39 is 0 Å². The molecule has 0 unspecified atom stereocenters. The molecule has 0 spiro atoms. The van der Waals surface area contributed by atoms with E-state index in [0.29, 0.717) is 0 Å². The molecule has 0 aromatic heterocycles. The maximum absolute atomic E-state index is 4.19. The van der Waals surface area contributed by atoms with E-state index in [1.165, 1.54) is 0 Å². The Kier molecular flexibility index (Phi) is 4.01. The molecule has 0 saturated carbocycles. The lowest BCUT2D eigenvalue weighted by molar-refractivity contribution is 0.508. The van der Waals surface area contributed by atoms with Crippen molar-refractivity contribution >= 4 is 11.9 Å². The molecule has 0 fully saturated rings. The van der Waals surface area contributed by atoms with Crippen LogP contribution in [0.3, 0.4) is 0 Å². The zero-order valence-corrected chi connectivity index (χ0v) is 8.18. The molecule has 0 aromatic carbocycles. The highest BCUT2D eigenvalue weighted by atomic mass is 14.7. The highest BCUT2D eigenvalue weighted by Gasteiger charge is 2.20. The van der Waals surface area contributed by atoms with Gasteiger partial charge >= 0.3 is 0 Å². The normalized spacial score (nSPS) is 14.5. The van der Waals surface area contributed by atoms with Crippen LogP contribution in [0.1, 0.15) is 27.2 Å². The molecule has 0 heterocycles. The summed E-state index contributed by atoms with van der Waals surface area (Å²) in [5.41, 5.74) is 1.23. The lowest BCUT2D eigenvalue weighted by Gasteiger charge is -2.21. The molecule has 11 heavy (non-hydrogen) atoms. The smallest absolute Gasteiger partial charge is 0.0578 e. The second-order valence-corrected chi connectivity index (χ2v) is 3.23. The monoisotopic (exact) mass is 154 g/mol. The van der Waals surface area contributed by atoms with Crippen LogP contribution in [0.4, 0.5) is 0 Å². The van der Waals surface area contributed by atoms with Crippen molar-refractivity contribution in [2.24, 2.45) is 15.4 Å². The van der Waals surface area contributed by atoms with Crippen molar-refractivity contribution in [3.8, 4) is 0 Å². The summed E-state index contributed by atoms with van der Waals surface area (Å²) in [4.78, 5) is 8.15. The number of rotatable bonds is 3. The van der Waals surface area contributed by atoms with Crippen LogP contribution in [0, 0.1) is 5.41 Å². The fraction of sp³-hybridized carbons (Fsp3) is 0.778. The molecule has 0 atom stereocenters. The molecular weight excluding hydrogens is 136 g/mol. The van der Waals surface area contributed by atoms with E-state index in [-0.39, 0.29) is 5.41 Å². The Morgan fingerprint density at radius 2 is 1.91 bits per heavy atom. The van der Waals surface area contributed by atoms with Gasteiger partial charge in [-0.15, -0.1) is 0 Å². The fourth-order valence-electron chi connectivity index (χ4n) is 0.839. The summed E-state index contributed by atoms with van der Waals surface area (Å²) >= 11 is 0. The molecule has 0 radical (unpaired) electrons. The van der Waals surface area contributed by atoms with Crippen molar-refractivity contribution in [2.45, 2.75) is 27.2 Å². The Morgan fingerprint density at radius 1 is 1.36 bits per heavy atom. The van der Waals surface area contributed by atoms with Crippen LogP contribution in [0.15, 0.2) is 9.98 Å². The van der Waals surface area contributed by atoms with E-state index in [2.05, 4.69) is 30.8 Å². The highest BCUT2D eigenvalue weighted by molar-refractivity contribution is 6.32. The summed E-state index contributed by atoms with van der Waals surface area (Å²) in [5, 5.41) is 0. The Balaban J connectivity index is 4.51. The van der Waals surface area contributed by atoms with Crippen LogP contribution in [0.25, 0.3) is 0 Å². The van der Waals surface area contributed by atoms with E-state index >= 15 is 0 Å². The molecule has 2 heteroatoms. The second kappa shape index (κ2) is 4.27. The van der Waals surface area contributed by atoms with Crippen molar-refractivity contribution in [1.82, 2.24) is 0 Å². The molecule has 0 amide bonds. The molecule has 64 valence electrons. The lowest BCUT2D eigenvalue weighted by atomic mass is 9.85. The summed E-state index contributed by atoms with van der Waals surface area (Å²) in [6, 6.07) is 0. The first-order valence-electron chi connectivity index (χ1n) is 3.98. The van der Waals surface area contributed by atoms with Crippen LogP contribution < -0.4 is 0 Å². The molecule has 0 bridgehead atoms. The largest absolute Gasteiger partial charge is 0.295 e. The average Bonchev–Trinajstić information content (AvgIpc) is 2.00. The average molecular weight is 154 g/mol. The number of aliphatic imine (C=N–C) groups is 2. The van der Waals surface area contributed by atoms with E-state index in [4.69, 9.17) is 0 Å². The quantitative estimate of drug-likeness (QED) is 0.557. The standard InChI is InChI=1S/C9H18N2/c1-6-9(2,3)8(11-5)7-10-4/h7H,6H2,1-5H3/b10-7-,11-8+. The van der Waals surface area contributed by atoms with Gasteiger partial charge in [0.2, 0.25) is 0 Å². The SMILES string of the molecule is CCC(C)(C)C(/C=N\C)=N/C. The number of hydrogen-bond donors (Lipinski definition) is 0. The number of hydrogen-bond acceptors (Lipinski definition) is 2. The van der Waals surface area contributed by atoms with Crippen LogP contribution in [0.2, 0.25) is 0 Å². The van der Waals surface area contributed by atoms with Crippen LogP contribution in [0.5, 0.6) is 0 Å². The third kappa shape index (κ3) is 2.83. The molecular formula is C9H18N2. The van der Waals surface area contributed by atoms with Gasteiger partial charge in [0.25, 0.3) is 0 Å². The molecule has 0 saturated heterocycles. The summed E-state index contributed by atoms with van der Waals surface area (Å²) < 4.78 is 0. The Bertz CT molecular complexity index is 166. The van der Waals surface area contributed by atoms with E-state index in [1.54, 1.807) is 7.05 Å². The van der Waals surface area contributed by atoms with Gasteiger partial charge < -0.3 is 0 Å². The van der Waals surface area contributed by atoms with Crippen LogP contribution in [-0.4, -0.2) is 26.0 Å². The Hall–Kier alpha value is -0.660. The fourth-order valence-corrected chi connectivity index (χ4v) is 0.839.